The van der Waals surface area contributed by atoms with Gasteiger partial charge in [0.1, 0.15) is 0 Å². The number of primary amides is 1. The van der Waals surface area contributed by atoms with E-state index in [2.05, 4.69) is 13.5 Å². The van der Waals surface area contributed by atoms with Gasteiger partial charge in [-0.05, 0) is 12.8 Å². The van der Waals surface area contributed by atoms with E-state index in [1.165, 1.54) is 57.8 Å². The predicted molar refractivity (Wildman–Crippen MR) is 85.3 cm³/mol. The van der Waals surface area contributed by atoms with Crippen molar-refractivity contribution in [1.82, 2.24) is 0 Å². The van der Waals surface area contributed by atoms with Crippen LogP contribution >= 0.6 is 0 Å². The molecule has 9 heteroatoms. The number of carbonyl (C=O) groups is 1. The van der Waals surface area contributed by atoms with Crippen molar-refractivity contribution in [3.8, 4) is 0 Å². The molecular formula is C15H29NNa2O5S. The standard InChI is InChI=1S/C15H29NO.2Na.H2O4S/c1-3-4-5-6-7-8-9-10-11-12-13-14(2)15(16)17;;;1-5(2,3)4/h2-13H2,1H3,(H2,16,17);;;(H2,1,2,3,4)/q;2*+1;/p-2. The molecule has 0 spiro atoms. The van der Waals surface area contributed by atoms with Crippen LogP contribution in [0.25, 0.3) is 0 Å². The topological polar surface area (TPSA) is 123 Å². The van der Waals surface area contributed by atoms with E-state index in [1.807, 2.05) is 0 Å². The molecule has 132 valence electrons. The third kappa shape index (κ3) is 38.6. The average Bonchev–Trinajstić information content (AvgIpc) is 2.38. The van der Waals surface area contributed by atoms with Crippen molar-refractivity contribution in [3.63, 3.8) is 0 Å². The van der Waals surface area contributed by atoms with Crippen molar-refractivity contribution >= 4 is 16.3 Å². The van der Waals surface area contributed by atoms with Crippen LogP contribution in [0, 0.1) is 0 Å². The molecule has 0 aromatic carbocycles. The van der Waals surface area contributed by atoms with Crippen LogP contribution in [0.1, 0.15) is 77.6 Å². The smallest absolute Gasteiger partial charge is 0.759 e. The molecule has 0 saturated heterocycles. The van der Waals surface area contributed by atoms with Gasteiger partial charge in [0.15, 0.2) is 0 Å². The average molecular weight is 381 g/mol. The molecule has 0 rings (SSSR count). The quantitative estimate of drug-likeness (QED) is 0.127. The normalized spacial score (nSPS) is 9.79. The van der Waals surface area contributed by atoms with Gasteiger partial charge in [0.25, 0.3) is 0 Å². The minimum absolute atomic E-state index is 0. The first-order chi connectivity index (χ1) is 10.2. The van der Waals surface area contributed by atoms with Crippen LogP contribution < -0.4 is 64.8 Å². The Morgan fingerprint density at radius 2 is 1.17 bits per heavy atom. The van der Waals surface area contributed by atoms with Gasteiger partial charge < -0.3 is 14.8 Å². The number of unbranched alkanes of at least 4 members (excludes halogenated alkanes) is 9. The molecule has 0 bridgehead atoms. The van der Waals surface area contributed by atoms with E-state index in [-0.39, 0.29) is 65.0 Å². The van der Waals surface area contributed by atoms with E-state index in [4.69, 9.17) is 23.3 Å². The molecule has 0 fully saturated rings. The Kier molecular flexibility index (Phi) is 30.2. The molecular weight excluding hydrogens is 352 g/mol. The Morgan fingerprint density at radius 3 is 1.46 bits per heavy atom. The van der Waals surface area contributed by atoms with Gasteiger partial charge in [-0.25, -0.2) is 0 Å². The minimum atomic E-state index is -5.17. The van der Waals surface area contributed by atoms with Gasteiger partial charge in [0.2, 0.25) is 5.91 Å². The zero-order chi connectivity index (χ0) is 17.4. The van der Waals surface area contributed by atoms with Gasteiger partial charge in [-0.2, -0.15) is 0 Å². The van der Waals surface area contributed by atoms with Gasteiger partial charge in [0.05, 0.1) is 0 Å². The third-order valence-corrected chi connectivity index (χ3v) is 3.18. The molecule has 0 aromatic rings. The summed E-state index contributed by atoms with van der Waals surface area (Å²) in [7, 11) is -5.17. The summed E-state index contributed by atoms with van der Waals surface area (Å²) in [4.78, 5) is 10.7. The monoisotopic (exact) mass is 381 g/mol. The number of nitrogens with two attached hydrogens (primary N) is 1. The first kappa shape index (κ1) is 32.7. The molecule has 0 atom stereocenters. The van der Waals surface area contributed by atoms with Crippen molar-refractivity contribution < 1.29 is 81.4 Å². The number of hydrogen-bond donors (Lipinski definition) is 1. The molecule has 0 aliphatic rings. The van der Waals surface area contributed by atoms with Gasteiger partial charge in [-0.3, -0.25) is 13.2 Å². The first-order valence-electron chi connectivity index (χ1n) is 7.82. The maximum Gasteiger partial charge on any atom is 1.00 e. The minimum Gasteiger partial charge on any atom is -0.759 e. The Hall–Kier alpha value is 1.08. The second-order valence-corrected chi connectivity index (χ2v) is 6.12. The molecule has 2 N–H and O–H groups in total. The fourth-order valence-corrected chi connectivity index (χ4v) is 1.95. The Balaban J connectivity index is -0.000000250. The Bertz CT molecular complexity index is 395. The zero-order valence-corrected chi connectivity index (χ0v) is 20.3. The third-order valence-electron chi connectivity index (χ3n) is 3.18. The number of hydrogen-bond acceptors (Lipinski definition) is 5. The van der Waals surface area contributed by atoms with Crippen LogP contribution in [0.15, 0.2) is 12.2 Å². The number of rotatable bonds is 12. The fourth-order valence-electron chi connectivity index (χ4n) is 1.95. The Morgan fingerprint density at radius 1 is 0.875 bits per heavy atom. The molecule has 0 saturated carbocycles. The molecule has 0 aromatic heterocycles. The molecule has 24 heavy (non-hydrogen) atoms. The van der Waals surface area contributed by atoms with Crippen molar-refractivity contribution in [2.45, 2.75) is 77.6 Å². The van der Waals surface area contributed by atoms with Crippen LogP contribution in [0.2, 0.25) is 0 Å². The van der Waals surface area contributed by atoms with Crippen LogP contribution in [0.3, 0.4) is 0 Å². The summed E-state index contributed by atoms with van der Waals surface area (Å²) >= 11 is 0. The van der Waals surface area contributed by atoms with E-state index < -0.39 is 10.4 Å². The van der Waals surface area contributed by atoms with Crippen molar-refractivity contribution in [1.29, 1.82) is 0 Å². The summed E-state index contributed by atoms with van der Waals surface area (Å²) in [5, 5.41) is 0. The molecule has 0 radical (unpaired) electrons. The predicted octanol–water partition coefficient (Wildman–Crippen LogP) is -2.99. The molecule has 0 heterocycles. The van der Waals surface area contributed by atoms with Crippen molar-refractivity contribution in [2.75, 3.05) is 0 Å². The summed E-state index contributed by atoms with van der Waals surface area (Å²) < 4.78 is 34.1. The van der Waals surface area contributed by atoms with E-state index >= 15 is 0 Å². The van der Waals surface area contributed by atoms with Crippen LogP contribution in [0.5, 0.6) is 0 Å². The zero-order valence-electron chi connectivity index (χ0n) is 15.5. The van der Waals surface area contributed by atoms with E-state index in [0.717, 1.165) is 12.8 Å². The summed E-state index contributed by atoms with van der Waals surface area (Å²) in [6, 6.07) is 0. The summed E-state index contributed by atoms with van der Waals surface area (Å²) in [6.07, 6.45) is 13.9. The number of amides is 1. The molecule has 6 nitrogen and oxygen atoms in total. The Labute approximate surface area is 191 Å². The van der Waals surface area contributed by atoms with Gasteiger partial charge in [-0.15, -0.1) is 0 Å². The summed E-state index contributed by atoms with van der Waals surface area (Å²) in [5.41, 5.74) is 5.69. The van der Waals surface area contributed by atoms with Gasteiger partial charge in [-0.1, -0.05) is 71.3 Å². The molecule has 0 aliphatic heterocycles. The maximum atomic E-state index is 10.7. The first-order valence-corrected chi connectivity index (χ1v) is 9.16. The maximum absolute atomic E-state index is 10.7. The second-order valence-electron chi connectivity index (χ2n) is 5.31. The van der Waals surface area contributed by atoms with Crippen molar-refractivity contribution in [2.24, 2.45) is 5.73 Å². The van der Waals surface area contributed by atoms with Gasteiger partial charge in [0, 0.05) is 16.0 Å². The SMILES string of the molecule is C=C(CCCCCCCCCCCC)C(N)=O.O=S(=O)([O-])[O-].[Na+].[Na+]. The molecule has 0 aliphatic carbocycles. The van der Waals surface area contributed by atoms with Crippen molar-refractivity contribution in [3.05, 3.63) is 12.2 Å². The van der Waals surface area contributed by atoms with E-state index in [9.17, 15) is 4.79 Å². The molecule has 1 amide bonds. The van der Waals surface area contributed by atoms with E-state index in [1.54, 1.807) is 0 Å². The second kappa shape index (κ2) is 22.1. The van der Waals surface area contributed by atoms with Crippen LogP contribution in [0.4, 0.5) is 0 Å². The molecule has 0 unspecified atom stereocenters. The summed E-state index contributed by atoms with van der Waals surface area (Å²) in [5.74, 6) is -0.346. The fraction of sp³-hybridized carbons (Fsp3) is 0.800. The van der Waals surface area contributed by atoms with Crippen LogP contribution in [-0.4, -0.2) is 23.4 Å². The number of carbonyl (C=O) groups excluding carboxylic acids is 1. The largest absolute Gasteiger partial charge is 1.00 e. The summed E-state index contributed by atoms with van der Waals surface area (Å²) in [6.45, 7) is 5.91. The van der Waals surface area contributed by atoms with E-state index in [0.29, 0.717) is 5.57 Å². The van der Waals surface area contributed by atoms with Gasteiger partial charge >= 0.3 is 59.1 Å². The van der Waals surface area contributed by atoms with Crippen LogP contribution in [-0.2, 0) is 15.2 Å².